The van der Waals surface area contributed by atoms with Gasteiger partial charge in [-0.3, -0.25) is 4.90 Å². The zero-order chi connectivity index (χ0) is 18.4. The van der Waals surface area contributed by atoms with E-state index in [2.05, 4.69) is 15.2 Å². The number of nitrogens with one attached hydrogen (secondary N) is 1. The summed E-state index contributed by atoms with van der Waals surface area (Å²) in [4.78, 5) is 20.8. The Hall–Kier alpha value is -2.38. The molecule has 7 heteroatoms. The number of aromatic nitrogens is 2. The van der Waals surface area contributed by atoms with E-state index in [0.717, 1.165) is 56.4 Å². The van der Waals surface area contributed by atoms with Crippen LogP contribution in [0.15, 0.2) is 36.7 Å². The van der Waals surface area contributed by atoms with Crippen molar-refractivity contribution < 1.29 is 9.53 Å². The lowest BCUT2D eigenvalue weighted by Crippen LogP contribution is -2.52. The number of methoxy groups -OCH3 is 1. The second-order valence-corrected chi connectivity index (χ2v) is 6.49. The fraction of sp³-hybridized carbons (Fsp3) is 0.474. The van der Waals surface area contributed by atoms with E-state index in [4.69, 9.17) is 4.74 Å². The van der Waals surface area contributed by atoms with Gasteiger partial charge < -0.3 is 19.5 Å². The van der Waals surface area contributed by atoms with Crippen LogP contribution < -0.4 is 5.32 Å². The van der Waals surface area contributed by atoms with Gasteiger partial charge in [0, 0.05) is 64.5 Å². The van der Waals surface area contributed by atoms with Crippen molar-refractivity contribution in [3.63, 3.8) is 0 Å². The summed E-state index contributed by atoms with van der Waals surface area (Å²) in [5.41, 5.74) is 2.15. The van der Waals surface area contributed by atoms with Crippen LogP contribution >= 0.6 is 0 Å². The molecule has 1 aromatic heterocycles. The number of piperazine rings is 1. The number of rotatable bonds is 6. The quantitative estimate of drug-likeness (QED) is 0.854. The predicted octanol–water partition coefficient (Wildman–Crippen LogP) is 1.65. The van der Waals surface area contributed by atoms with E-state index >= 15 is 0 Å². The van der Waals surface area contributed by atoms with Crippen LogP contribution in [0.4, 0.5) is 4.79 Å². The molecule has 1 saturated heterocycles. The Morgan fingerprint density at radius 1 is 1.19 bits per heavy atom. The van der Waals surface area contributed by atoms with Gasteiger partial charge in [-0.1, -0.05) is 12.1 Å². The normalized spacial score (nSPS) is 15.2. The van der Waals surface area contributed by atoms with Gasteiger partial charge in [0.25, 0.3) is 0 Å². The summed E-state index contributed by atoms with van der Waals surface area (Å²) < 4.78 is 7.14. The Kier molecular flexibility index (Phi) is 6.25. The number of carbonyl (C=O) groups is 1. The molecule has 2 heterocycles. The third-order valence-electron chi connectivity index (χ3n) is 4.76. The molecule has 1 aliphatic rings. The van der Waals surface area contributed by atoms with Crippen molar-refractivity contribution in [3.8, 4) is 5.69 Å². The van der Waals surface area contributed by atoms with Gasteiger partial charge in [-0.2, -0.15) is 0 Å². The number of imidazole rings is 1. The lowest BCUT2D eigenvalue weighted by Gasteiger charge is -2.34. The molecule has 0 spiro atoms. The van der Waals surface area contributed by atoms with Crippen LogP contribution in [0, 0.1) is 6.92 Å². The van der Waals surface area contributed by atoms with Gasteiger partial charge >= 0.3 is 6.03 Å². The SMILES string of the molecule is COCCN1CCN(C(=O)NCc2ccc(-n3ccnc3C)cc2)CC1. The first-order chi connectivity index (χ1) is 12.7. The number of urea groups is 1. The van der Waals surface area contributed by atoms with E-state index in [1.165, 1.54) is 0 Å². The number of amides is 2. The number of carbonyl (C=O) groups excluding carboxylic acids is 1. The number of hydrogen-bond donors (Lipinski definition) is 1. The van der Waals surface area contributed by atoms with Gasteiger partial charge in [-0.15, -0.1) is 0 Å². The highest BCUT2D eigenvalue weighted by atomic mass is 16.5. The molecular formula is C19H27N5O2. The predicted molar refractivity (Wildman–Crippen MR) is 100 cm³/mol. The highest BCUT2D eigenvalue weighted by molar-refractivity contribution is 5.74. The molecule has 1 fully saturated rings. The van der Waals surface area contributed by atoms with Crippen molar-refractivity contribution in [2.75, 3.05) is 46.4 Å². The van der Waals surface area contributed by atoms with Crippen LogP contribution in [-0.2, 0) is 11.3 Å². The minimum atomic E-state index is 0.00548. The van der Waals surface area contributed by atoms with Crippen LogP contribution in [0.1, 0.15) is 11.4 Å². The van der Waals surface area contributed by atoms with Crippen molar-refractivity contribution >= 4 is 6.03 Å². The maximum atomic E-state index is 12.3. The zero-order valence-electron chi connectivity index (χ0n) is 15.5. The Labute approximate surface area is 154 Å². The number of hydrogen-bond acceptors (Lipinski definition) is 4. The topological polar surface area (TPSA) is 62.6 Å². The molecule has 0 aliphatic carbocycles. The molecule has 0 unspecified atom stereocenters. The molecule has 2 aromatic rings. The first-order valence-electron chi connectivity index (χ1n) is 9.00. The Morgan fingerprint density at radius 3 is 2.54 bits per heavy atom. The minimum absolute atomic E-state index is 0.00548. The maximum Gasteiger partial charge on any atom is 0.317 e. The summed E-state index contributed by atoms with van der Waals surface area (Å²) >= 11 is 0. The molecule has 1 aliphatic heterocycles. The minimum Gasteiger partial charge on any atom is -0.383 e. The average Bonchev–Trinajstić information content (AvgIpc) is 3.11. The van der Waals surface area contributed by atoms with Gasteiger partial charge in [-0.05, 0) is 24.6 Å². The van der Waals surface area contributed by atoms with E-state index in [9.17, 15) is 4.79 Å². The summed E-state index contributed by atoms with van der Waals surface area (Å²) in [7, 11) is 1.72. The van der Waals surface area contributed by atoms with Crippen molar-refractivity contribution in [3.05, 3.63) is 48.0 Å². The summed E-state index contributed by atoms with van der Waals surface area (Å²) in [6.07, 6.45) is 3.73. The lowest BCUT2D eigenvalue weighted by molar-refractivity contribution is 0.106. The van der Waals surface area contributed by atoms with Crippen LogP contribution in [-0.4, -0.2) is 71.8 Å². The monoisotopic (exact) mass is 357 g/mol. The fourth-order valence-electron chi connectivity index (χ4n) is 3.11. The summed E-state index contributed by atoms with van der Waals surface area (Å²) in [6, 6.07) is 8.18. The molecule has 3 rings (SSSR count). The van der Waals surface area contributed by atoms with Crippen LogP contribution in [0.5, 0.6) is 0 Å². The molecule has 7 nitrogen and oxygen atoms in total. The summed E-state index contributed by atoms with van der Waals surface area (Å²) in [5, 5.41) is 3.02. The second-order valence-electron chi connectivity index (χ2n) is 6.49. The average molecular weight is 357 g/mol. The molecule has 0 atom stereocenters. The van der Waals surface area contributed by atoms with Crippen LogP contribution in [0.3, 0.4) is 0 Å². The van der Waals surface area contributed by atoms with Crippen molar-refractivity contribution in [1.29, 1.82) is 0 Å². The Morgan fingerprint density at radius 2 is 1.92 bits per heavy atom. The fourth-order valence-corrected chi connectivity index (χ4v) is 3.11. The second kappa shape index (κ2) is 8.82. The Bertz CT molecular complexity index is 705. The largest absolute Gasteiger partial charge is 0.383 e. The summed E-state index contributed by atoms with van der Waals surface area (Å²) in [6.45, 7) is 7.48. The molecule has 140 valence electrons. The lowest BCUT2D eigenvalue weighted by atomic mass is 10.2. The highest BCUT2D eigenvalue weighted by Crippen LogP contribution is 2.12. The first kappa shape index (κ1) is 18.4. The number of benzene rings is 1. The van der Waals surface area contributed by atoms with E-state index < -0.39 is 0 Å². The van der Waals surface area contributed by atoms with Crippen molar-refractivity contribution in [1.82, 2.24) is 24.7 Å². The van der Waals surface area contributed by atoms with Gasteiger partial charge in [0.15, 0.2) is 0 Å². The molecule has 0 radical (unpaired) electrons. The van der Waals surface area contributed by atoms with E-state index in [1.807, 2.05) is 46.9 Å². The van der Waals surface area contributed by atoms with Crippen molar-refractivity contribution in [2.24, 2.45) is 0 Å². The molecule has 2 amide bonds. The number of aryl methyl sites for hydroxylation is 1. The molecule has 26 heavy (non-hydrogen) atoms. The number of nitrogens with zero attached hydrogens (tertiary/aromatic N) is 4. The van der Waals surface area contributed by atoms with Gasteiger partial charge in [0.2, 0.25) is 0 Å². The third-order valence-corrected chi connectivity index (χ3v) is 4.76. The Balaban J connectivity index is 1.45. The van der Waals surface area contributed by atoms with Crippen molar-refractivity contribution in [2.45, 2.75) is 13.5 Å². The smallest absolute Gasteiger partial charge is 0.317 e. The van der Waals surface area contributed by atoms with Crippen LogP contribution in [0.2, 0.25) is 0 Å². The molecule has 1 N–H and O–H groups in total. The van der Waals surface area contributed by atoms with Gasteiger partial charge in [0.1, 0.15) is 5.82 Å². The number of ether oxygens (including phenoxy) is 1. The maximum absolute atomic E-state index is 12.3. The molecule has 0 bridgehead atoms. The first-order valence-corrected chi connectivity index (χ1v) is 9.00. The third kappa shape index (κ3) is 4.62. The van der Waals surface area contributed by atoms with E-state index in [0.29, 0.717) is 6.54 Å². The molecule has 0 saturated carbocycles. The zero-order valence-corrected chi connectivity index (χ0v) is 15.5. The standard InChI is InChI=1S/C19H27N5O2/c1-16-20-7-8-24(16)18-5-3-17(4-6-18)15-21-19(25)23-11-9-22(10-12-23)13-14-26-2/h3-8H,9-15H2,1-2H3,(H,21,25). The molecular weight excluding hydrogens is 330 g/mol. The van der Waals surface area contributed by atoms with Gasteiger partial charge in [0.05, 0.1) is 6.61 Å². The summed E-state index contributed by atoms with van der Waals surface area (Å²) in [5.74, 6) is 0.954. The van der Waals surface area contributed by atoms with E-state index in [1.54, 1.807) is 13.3 Å². The molecule has 1 aromatic carbocycles. The van der Waals surface area contributed by atoms with E-state index in [-0.39, 0.29) is 6.03 Å². The van der Waals surface area contributed by atoms with Gasteiger partial charge in [-0.25, -0.2) is 9.78 Å². The highest BCUT2D eigenvalue weighted by Gasteiger charge is 2.20. The van der Waals surface area contributed by atoms with Crippen LogP contribution in [0.25, 0.3) is 5.69 Å².